The number of carboxylic acid groups (broad SMARTS) is 1. The van der Waals surface area contributed by atoms with E-state index >= 15 is 0 Å². The van der Waals surface area contributed by atoms with E-state index in [1.165, 1.54) is 4.90 Å². The van der Waals surface area contributed by atoms with Gasteiger partial charge in [-0.25, -0.2) is 4.79 Å². The lowest BCUT2D eigenvalue weighted by Gasteiger charge is -2.41. The zero-order chi connectivity index (χ0) is 11.7. The molecular formula is C10H16N2O4. The summed E-state index contributed by atoms with van der Waals surface area (Å²) < 4.78 is 5.26. The van der Waals surface area contributed by atoms with Crippen molar-refractivity contribution >= 4 is 12.0 Å². The minimum absolute atomic E-state index is 0.0316. The molecule has 6 heteroatoms. The van der Waals surface area contributed by atoms with Crippen molar-refractivity contribution < 1.29 is 19.4 Å². The molecule has 2 aliphatic heterocycles. The Kier molecular flexibility index (Phi) is 3.00. The van der Waals surface area contributed by atoms with E-state index in [-0.39, 0.29) is 24.5 Å². The van der Waals surface area contributed by atoms with Gasteiger partial charge in [0, 0.05) is 19.2 Å². The lowest BCUT2D eigenvalue weighted by atomic mass is 10.1. The van der Waals surface area contributed by atoms with Gasteiger partial charge < -0.3 is 14.7 Å². The van der Waals surface area contributed by atoms with Crippen LogP contribution in [0.4, 0.5) is 4.79 Å². The largest absolute Gasteiger partial charge is 0.465 e. The van der Waals surface area contributed by atoms with Crippen LogP contribution in [0.15, 0.2) is 0 Å². The van der Waals surface area contributed by atoms with Crippen molar-refractivity contribution in [2.75, 3.05) is 26.3 Å². The first kappa shape index (κ1) is 11.2. The Hall–Kier alpha value is -1.30. The highest BCUT2D eigenvalue weighted by Crippen LogP contribution is 2.20. The molecule has 0 aliphatic carbocycles. The molecule has 2 saturated heterocycles. The Morgan fingerprint density at radius 2 is 2.31 bits per heavy atom. The van der Waals surface area contributed by atoms with Crippen molar-refractivity contribution in [1.29, 1.82) is 0 Å². The highest BCUT2D eigenvalue weighted by atomic mass is 16.5. The molecule has 0 radical (unpaired) electrons. The van der Waals surface area contributed by atoms with E-state index in [0.717, 1.165) is 6.42 Å². The molecule has 0 aromatic heterocycles. The first-order valence-corrected chi connectivity index (χ1v) is 5.46. The van der Waals surface area contributed by atoms with Gasteiger partial charge in [-0.2, -0.15) is 0 Å². The molecule has 2 heterocycles. The molecule has 0 aromatic carbocycles. The topological polar surface area (TPSA) is 70.1 Å². The number of piperazine rings is 1. The highest BCUT2D eigenvalue weighted by molar-refractivity contribution is 5.83. The summed E-state index contributed by atoms with van der Waals surface area (Å²) in [5.41, 5.74) is 0. The van der Waals surface area contributed by atoms with Gasteiger partial charge in [0.1, 0.15) is 6.54 Å². The van der Waals surface area contributed by atoms with Crippen molar-refractivity contribution in [1.82, 2.24) is 9.80 Å². The molecule has 0 spiro atoms. The molecule has 2 fully saturated rings. The van der Waals surface area contributed by atoms with Crippen LogP contribution in [0, 0.1) is 0 Å². The fraction of sp³-hybridized carbons (Fsp3) is 0.800. The van der Waals surface area contributed by atoms with Gasteiger partial charge in [-0.15, -0.1) is 0 Å². The molecule has 16 heavy (non-hydrogen) atoms. The average molecular weight is 228 g/mol. The lowest BCUT2D eigenvalue weighted by molar-refractivity contribution is -0.141. The number of ether oxygens (including phenoxy) is 1. The molecule has 2 aliphatic rings. The standard InChI is InChI=1S/C10H16N2O4/c1-7-4-11(10(14)15)5-9(13)12(7)8-2-3-16-6-8/h7-8H,2-6H2,1H3,(H,14,15)/t7?,8-/m0/s1. The van der Waals surface area contributed by atoms with E-state index in [1.807, 2.05) is 6.92 Å². The van der Waals surface area contributed by atoms with E-state index < -0.39 is 6.09 Å². The van der Waals surface area contributed by atoms with Crippen LogP contribution < -0.4 is 0 Å². The first-order chi connectivity index (χ1) is 7.59. The van der Waals surface area contributed by atoms with E-state index in [9.17, 15) is 9.59 Å². The van der Waals surface area contributed by atoms with Crippen LogP contribution in [0.25, 0.3) is 0 Å². The summed E-state index contributed by atoms with van der Waals surface area (Å²) in [4.78, 5) is 25.6. The second-order valence-corrected chi connectivity index (χ2v) is 4.33. The summed E-state index contributed by atoms with van der Waals surface area (Å²) >= 11 is 0. The summed E-state index contributed by atoms with van der Waals surface area (Å²) in [6.45, 7) is 3.49. The number of rotatable bonds is 1. The quantitative estimate of drug-likeness (QED) is 0.685. The third kappa shape index (κ3) is 1.97. The fourth-order valence-corrected chi connectivity index (χ4v) is 2.41. The second kappa shape index (κ2) is 4.29. The Labute approximate surface area is 93.8 Å². The Balaban J connectivity index is 2.05. The first-order valence-electron chi connectivity index (χ1n) is 5.46. The van der Waals surface area contributed by atoms with Gasteiger partial charge in [-0.1, -0.05) is 0 Å². The smallest absolute Gasteiger partial charge is 0.407 e. The number of carbonyl (C=O) groups excluding carboxylic acids is 1. The van der Waals surface area contributed by atoms with Gasteiger partial charge in [0.25, 0.3) is 0 Å². The molecule has 6 nitrogen and oxygen atoms in total. The summed E-state index contributed by atoms with van der Waals surface area (Å²) in [6, 6.07) is 0.0579. The lowest BCUT2D eigenvalue weighted by Crippen LogP contribution is -2.59. The Morgan fingerprint density at radius 3 is 2.81 bits per heavy atom. The average Bonchev–Trinajstić information content (AvgIpc) is 2.69. The normalized spacial score (nSPS) is 30.9. The minimum Gasteiger partial charge on any atom is -0.465 e. The van der Waals surface area contributed by atoms with Crippen molar-refractivity contribution in [2.45, 2.75) is 25.4 Å². The maximum absolute atomic E-state index is 11.9. The summed E-state index contributed by atoms with van der Waals surface area (Å²) in [5.74, 6) is -0.114. The SMILES string of the molecule is CC1CN(C(=O)O)CC(=O)N1[C@H]1CCOC1. The summed E-state index contributed by atoms with van der Waals surface area (Å²) in [6.07, 6.45) is -0.175. The van der Waals surface area contributed by atoms with Crippen LogP contribution in [-0.2, 0) is 9.53 Å². The van der Waals surface area contributed by atoms with Crippen molar-refractivity contribution in [3.8, 4) is 0 Å². The summed E-state index contributed by atoms with van der Waals surface area (Å²) in [7, 11) is 0. The van der Waals surface area contributed by atoms with Gasteiger partial charge >= 0.3 is 6.09 Å². The predicted molar refractivity (Wildman–Crippen MR) is 55.1 cm³/mol. The van der Waals surface area contributed by atoms with Crippen molar-refractivity contribution in [3.05, 3.63) is 0 Å². The van der Waals surface area contributed by atoms with Gasteiger partial charge in [0.05, 0.1) is 12.6 Å². The molecule has 2 atom stereocenters. The zero-order valence-corrected chi connectivity index (χ0v) is 9.26. The predicted octanol–water partition coefficient (Wildman–Crippen LogP) is -0.0140. The van der Waals surface area contributed by atoms with E-state index in [2.05, 4.69) is 0 Å². The van der Waals surface area contributed by atoms with E-state index in [0.29, 0.717) is 19.8 Å². The van der Waals surface area contributed by atoms with E-state index in [1.54, 1.807) is 4.90 Å². The van der Waals surface area contributed by atoms with Gasteiger partial charge in [-0.3, -0.25) is 9.69 Å². The number of hydrogen-bond donors (Lipinski definition) is 1. The number of nitrogens with zero attached hydrogens (tertiary/aromatic N) is 2. The molecule has 90 valence electrons. The number of carbonyl (C=O) groups is 2. The van der Waals surface area contributed by atoms with Crippen molar-refractivity contribution in [2.24, 2.45) is 0 Å². The third-order valence-corrected chi connectivity index (χ3v) is 3.14. The van der Waals surface area contributed by atoms with Gasteiger partial charge in [-0.05, 0) is 13.3 Å². The van der Waals surface area contributed by atoms with Crippen LogP contribution >= 0.6 is 0 Å². The molecule has 0 aromatic rings. The van der Waals surface area contributed by atoms with Crippen LogP contribution in [0.1, 0.15) is 13.3 Å². The fourth-order valence-electron chi connectivity index (χ4n) is 2.41. The summed E-state index contributed by atoms with van der Waals surface area (Å²) in [5, 5.41) is 8.86. The van der Waals surface area contributed by atoms with Crippen LogP contribution in [0.2, 0.25) is 0 Å². The van der Waals surface area contributed by atoms with Gasteiger partial charge in [0.15, 0.2) is 0 Å². The zero-order valence-electron chi connectivity index (χ0n) is 9.26. The number of amides is 2. The molecule has 0 bridgehead atoms. The van der Waals surface area contributed by atoms with Crippen molar-refractivity contribution in [3.63, 3.8) is 0 Å². The molecule has 1 N–H and O–H groups in total. The van der Waals surface area contributed by atoms with Gasteiger partial charge in [0.2, 0.25) is 5.91 Å². The highest BCUT2D eigenvalue weighted by Gasteiger charge is 2.37. The number of hydrogen-bond acceptors (Lipinski definition) is 3. The Morgan fingerprint density at radius 1 is 1.56 bits per heavy atom. The third-order valence-electron chi connectivity index (χ3n) is 3.14. The van der Waals surface area contributed by atoms with Crippen LogP contribution in [0.3, 0.4) is 0 Å². The molecule has 0 saturated carbocycles. The molecule has 2 rings (SSSR count). The van der Waals surface area contributed by atoms with Crippen LogP contribution in [-0.4, -0.2) is 65.3 Å². The molecule has 1 unspecified atom stereocenters. The maximum Gasteiger partial charge on any atom is 0.407 e. The maximum atomic E-state index is 11.9. The monoisotopic (exact) mass is 228 g/mol. The second-order valence-electron chi connectivity index (χ2n) is 4.33. The Bertz CT molecular complexity index is 301. The van der Waals surface area contributed by atoms with E-state index in [4.69, 9.17) is 9.84 Å². The molecular weight excluding hydrogens is 212 g/mol. The molecule has 2 amide bonds. The van der Waals surface area contributed by atoms with Crippen LogP contribution in [0.5, 0.6) is 0 Å². The minimum atomic E-state index is -1.03.